The molecule has 2 heterocycles. The molecular weight excluding hydrogens is 438 g/mol. The van der Waals surface area contributed by atoms with Crippen LogP contribution < -0.4 is 15.6 Å². The second kappa shape index (κ2) is 8.25. The van der Waals surface area contributed by atoms with E-state index in [2.05, 4.69) is 10.3 Å². The summed E-state index contributed by atoms with van der Waals surface area (Å²) in [4.78, 5) is 31.4. The molecule has 0 saturated carbocycles. The van der Waals surface area contributed by atoms with E-state index >= 15 is 0 Å². The molecule has 0 bridgehead atoms. The average Bonchev–Trinajstić information content (AvgIpc) is 2.87. The fourth-order valence-electron chi connectivity index (χ4n) is 4.68. The first-order valence-corrected chi connectivity index (χ1v) is 11.4. The maximum Gasteiger partial charge on any atom is 0.265 e. The van der Waals surface area contributed by atoms with Crippen LogP contribution in [0.4, 0.5) is 5.69 Å². The summed E-state index contributed by atoms with van der Waals surface area (Å²) < 4.78 is 7.59. The van der Waals surface area contributed by atoms with Crippen LogP contribution >= 0.6 is 0 Å². The highest BCUT2D eigenvalue weighted by molar-refractivity contribution is 5.99. The molecule has 5 aromatic rings. The summed E-state index contributed by atoms with van der Waals surface area (Å²) in [6, 6.07) is 29.7. The number of hydrogen-bond acceptors (Lipinski definition) is 4. The number of hydrogen-bond donors (Lipinski definition) is 1. The van der Waals surface area contributed by atoms with Crippen LogP contribution in [0.25, 0.3) is 16.6 Å². The smallest absolute Gasteiger partial charge is 0.265 e. The van der Waals surface area contributed by atoms with Gasteiger partial charge in [0.2, 0.25) is 5.91 Å². The monoisotopic (exact) mass is 459 g/mol. The van der Waals surface area contributed by atoms with Gasteiger partial charge in [0.15, 0.2) is 0 Å². The van der Waals surface area contributed by atoms with Gasteiger partial charge >= 0.3 is 0 Å². The molecule has 170 valence electrons. The second-order valence-electron chi connectivity index (χ2n) is 8.47. The van der Waals surface area contributed by atoms with E-state index in [0.717, 1.165) is 11.1 Å². The van der Waals surface area contributed by atoms with E-state index in [1.54, 1.807) is 23.6 Å². The molecule has 4 aromatic carbocycles. The Morgan fingerprint density at radius 3 is 2.26 bits per heavy atom. The lowest BCUT2D eigenvalue weighted by Crippen LogP contribution is -2.25. The lowest BCUT2D eigenvalue weighted by molar-refractivity contribution is -0.116. The fraction of sp³-hybridized carbons (Fsp3) is 0.0690. The molecule has 0 aliphatic carbocycles. The molecule has 0 fully saturated rings. The maximum absolute atomic E-state index is 13.6. The van der Waals surface area contributed by atoms with Crippen molar-refractivity contribution in [3.8, 4) is 17.2 Å². The van der Waals surface area contributed by atoms with Crippen molar-refractivity contribution in [2.45, 2.75) is 12.8 Å². The molecule has 1 aliphatic rings. The van der Waals surface area contributed by atoms with E-state index in [1.807, 2.05) is 84.9 Å². The van der Waals surface area contributed by atoms with Crippen LogP contribution in [0.1, 0.15) is 22.9 Å². The Morgan fingerprint density at radius 2 is 1.51 bits per heavy atom. The zero-order chi connectivity index (χ0) is 23.9. The normalized spacial score (nSPS) is 12.5. The Morgan fingerprint density at radius 1 is 0.857 bits per heavy atom. The minimum atomic E-state index is -0.522. The molecule has 1 N–H and O–H groups in total. The Bertz CT molecular complexity index is 1630. The summed E-state index contributed by atoms with van der Waals surface area (Å²) in [7, 11) is 0. The molecule has 35 heavy (non-hydrogen) atoms. The van der Waals surface area contributed by atoms with Crippen molar-refractivity contribution in [1.29, 1.82) is 0 Å². The third-order valence-corrected chi connectivity index (χ3v) is 6.26. The van der Waals surface area contributed by atoms with Crippen molar-refractivity contribution in [2.75, 3.05) is 5.32 Å². The Hall–Kier alpha value is -4.71. The lowest BCUT2D eigenvalue weighted by Gasteiger charge is -2.27. The number of carbonyl (C=O) groups is 1. The van der Waals surface area contributed by atoms with Gasteiger partial charge in [-0.3, -0.25) is 14.2 Å². The van der Waals surface area contributed by atoms with Gasteiger partial charge in [-0.1, -0.05) is 54.6 Å². The third-order valence-electron chi connectivity index (χ3n) is 6.26. The van der Waals surface area contributed by atoms with Gasteiger partial charge in [0.05, 0.1) is 22.5 Å². The van der Waals surface area contributed by atoms with Gasteiger partial charge in [0.1, 0.15) is 17.3 Å². The first kappa shape index (κ1) is 20.9. The molecule has 1 aliphatic heterocycles. The van der Waals surface area contributed by atoms with Gasteiger partial charge < -0.3 is 10.1 Å². The molecule has 1 aromatic heterocycles. The molecular formula is C29H21N3O3. The zero-order valence-corrected chi connectivity index (χ0v) is 18.9. The molecule has 0 atom stereocenters. The van der Waals surface area contributed by atoms with Crippen molar-refractivity contribution < 1.29 is 9.53 Å². The number of nitrogens with one attached hydrogen (secondary N) is 1. The first-order chi connectivity index (χ1) is 17.1. The zero-order valence-electron chi connectivity index (χ0n) is 18.9. The molecule has 6 rings (SSSR count). The van der Waals surface area contributed by atoms with Crippen LogP contribution in [0.2, 0.25) is 0 Å². The fourth-order valence-corrected chi connectivity index (χ4v) is 4.68. The van der Waals surface area contributed by atoms with Gasteiger partial charge in [0.25, 0.3) is 5.56 Å². The molecule has 6 heteroatoms. The summed E-state index contributed by atoms with van der Waals surface area (Å²) in [6.45, 7) is 1.80. The number of fused-ring (bicyclic) bond motifs is 3. The van der Waals surface area contributed by atoms with Crippen LogP contribution in [-0.4, -0.2) is 15.5 Å². The average molecular weight is 460 g/mol. The minimum absolute atomic E-state index is 0.149. The summed E-state index contributed by atoms with van der Waals surface area (Å²) in [5, 5.41) is 3.59. The van der Waals surface area contributed by atoms with Crippen LogP contribution in [-0.2, 0) is 4.79 Å². The van der Waals surface area contributed by atoms with E-state index in [9.17, 15) is 9.59 Å². The SMILES string of the molecule is Cc1nc2ccccc2c(=O)n1-c1cccc(NC(=O)C2c3ccccc3Oc3ccccc32)c1. The number of benzene rings is 4. The second-order valence-corrected chi connectivity index (χ2v) is 8.47. The Balaban J connectivity index is 1.38. The van der Waals surface area contributed by atoms with Crippen molar-refractivity contribution in [3.63, 3.8) is 0 Å². The van der Waals surface area contributed by atoms with Gasteiger partial charge in [-0.25, -0.2) is 4.98 Å². The van der Waals surface area contributed by atoms with E-state index in [1.165, 1.54) is 0 Å². The van der Waals surface area contributed by atoms with Gasteiger partial charge in [-0.05, 0) is 49.4 Å². The number of aryl methyl sites for hydroxylation is 1. The number of anilines is 1. The Kier molecular flexibility index (Phi) is 4.92. The van der Waals surface area contributed by atoms with Gasteiger partial charge in [0, 0.05) is 16.8 Å². The number of amides is 1. The molecule has 0 spiro atoms. The predicted molar refractivity (Wildman–Crippen MR) is 136 cm³/mol. The van der Waals surface area contributed by atoms with Gasteiger partial charge in [-0.15, -0.1) is 0 Å². The summed E-state index contributed by atoms with van der Waals surface area (Å²) in [6.07, 6.45) is 0. The summed E-state index contributed by atoms with van der Waals surface area (Å²) in [5.41, 5.74) is 3.36. The van der Waals surface area contributed by atoms with Crippen molar-refractivity contribution in [2.24, 2.45) is 0 Å². The number of carbonyl (C=O) groups excluding carboxylic acids is 1. The maximum atomic E-state index is 13.6. The largest absolute Gasteiger partial charge is 0.457 e. The van der Waals surface area contributed by atoms with E-state index in [-0.39, 0.29) is 11.5 Å². The summed E-state index contributed by atoms with van der Waals surface area (Å²) >= 11 is 0. The number of rotatable bonds is 3. The van der Waals surface area contributed by atoms with Crippen molar-refractivity contribution >= 4 is 22.5 Å². The highest BCUT2D eigenvalue weighted by Gasteiger charge is 2.32. The molecule has 6 nitrogen and oxygen atoms in total. The number of nitrogens with zero attached hydrogens (tertiary/aromatic N) is 2. The molecule has 0 unspecified atom stereocenters. The molecule has 0 radical (unpaired) electrons. The highest BCUT2D eigenvalue weighted by Crippen LogP contribution is 2.44. The molecule has 0 saturated heterocycles. The van der Waals surface area contributed by atoms with Crippen LogP contribution in [0.3, 0.4) is 0 Å². The topological polar surface area (TPSA) is 73.2 Å². The minimum Gasteiger partial charge on any atom is -0.457 e. The van der Waals surface area contributed by atoms with Crippen LogP contribution in [0.15, 0.2) is 102 Å². The highest BCUT2D eigenvalue weighted by atomic mass is 16.5. The van der Waals surface area contributed by atoms with E-state index < -0.39 is 5.92 Å². The number of aromatic nitrogens is 2. The molecule has 1 amide bonds. The number of ether oxygens (including phenoxy) is 1. The van der Waals surface area contributed by atoms with E-state index in [0.29, 0.717) is 39.6 Å². The standard InChI is InChI=1S/C29H21N3O3/c1-18-30-24-14-5-2-11-21(24)29(34)32(18)20-10-8-9-19(17-20)31-28(33)27-22-12-3-6-15-25(22)35-26-16-7-4-13-23(26)27/h2-17,27H,1H3,(H,31,33). The first-order valence-electron chi connectivity index (χ1n) is 11.4. The quantitative estimate of drug-likeness (QED) is 0.383. The Labute approximate surface area is 201 Å². The third kappa shape index (κ3) is 3.56. The summed E-state index contributed by atoms with van der Waals surface area (Å²) in [5.74, 6) is 1.22. The van der Waals surface area contributed by atoms with Crippen LogP contribution in [0, 0.1) is 6.92 Å². The number of para-hydroxylation sites is 3. The van der Waals surface area contributed by atoms with Crippen molar-refractivity contribution in [1.82, 2.24) is 9.55 Å². The van der Waals surface area contributed by atoms with Crippen LogP contribution in [0.5, 0.6) is 11.5 Å². The predicted octanol–water partition coefficient (Wildman–Crippen LogP) is 5.57. The van der Waals surface area contributed by atoms with Crippen molar-refractivity contribution in [3.05, 3.63) is 124 Å². The van der Waals surface area contributed by atoms with Gasteiger partial charge in [-0.2, -0.15) is 0 Å². The lowest BCUT2D eigenvalue weighted by atomic mass is 9.87. The van der Waals surface area contributed by atoms with E-state index in [4.69, 9.17) is 4.74 Å².